The van der Waals surface area contributed by atoms with Crippen molar-refractivity contribution in [2.24, 2.45) is 0 Å². The van der Waals surface area contributed by atoms with Gasteiger partial charge in [0.15, 0.2) is 0 Å². The number of nitrogens with zero attached hydrogens (tertiary/aromatic N) is 1. The molecule has 0 unspecified atom stereocenters. The average Bonchev–Trinajstić information content (AvgIpc) is 2.88. The third kappa shape index (κ3) is 3.42. The number of aliphatic hydroxyl groups is 1. The zero-order valence-electron chi connectivity index (χ0n) is 11.2. The van der Waals surface area contributed by atoms with Crippen LogP contribution in [0.5, 0.6) is 0 Å². The molecule has 0 spiro atoms. The highest BCUT2D eigenvalue weighted by Gasteiger charge is 2.19. The number of halogens is 2. The summed E-state index contributed by atoms with van der Waals surface area (Å²) in [5, 5.41) is 9.65. The summed E-state index contributed by atoms with van der Waals surface area (Å²) in [5.74, 6) is 0. The Hall–Kier alpha value is -1.02. The number of rotatable bonds is 5. The van der Waals surface area contributed by atoms with Gasteiger partial charge in [0, 0.05) is 18.4 Å². The van der Waals surface area contributed by atoms with Gasteiger partial charge in [-0.25, -0.2) is 8.42 Å². The maximum absolute atomic E-state index is 12.4. The molecule has 0 aliphatic carbocycles. The Labute approximate surface area is 136 Å². The zero-order valence-corrected chi connectivity index (χ0v) is 14.3. The molecule has 2 N–H and O–H groups in total. The van der Waals surface area contributed by atoms with E-state index in [1.807, 2.05) is 6.92 Å². The lowest BCUT2D eigenvalue weighted by molar-refractivity contribution is 0.271. The molecule has 0 fully saturated rings. The minimum absolute atomic E-state index is 0.0975. The van der Waals surface area contributed by atoms with Gasteiger partial charge in [0.25, 0.3) is 10.0 Å². The van der Waals surface area contributed by atoms with Crippen LogP contribution in [-0.4, -0.2) is 18.1 Å². The number of hydrogen-bond acceptors (Lipinski definition) is 3. The van der Waals surface area contributed by atoms with Crippen LogP contribution < -0.4 is 4.72 Å². The lowest BCUT2D eigenvalue weighted by Gasteiger charge is -2.09. The Kier molecular flexibility index (Phi) is 4.98. The summed E-state index contributed by atoms with van der Waals surface area (Å²) in [6, 6.07) is 6.36. The summed E-state index contributed by atoms with van der Waals surface area (Å²) in [4.78, 5) is 0.0975. The highest BCUT2D eigenvalue weighted by molar-refractivity contribution is 9.10. The van der Waals surface area contributed by atoms with E-state index < -0.39 is 10.0 Å². The van der Waals surface area contributed by atoms with Gasteiger partial charge in [-0.15, -0.1) is 0 Å². The van der Waals surface area contributed by atoms with Crippen LogP contribution in [0.25, 0.3) is 0 Å². The van der Waals surface area contributed by atoms with Crippen LogP contribution in [0.1, 0.15) is 12.6 Å². The van der Waals surface area contributed by atoms with Gasteiger partial charge < -0.3 is 9.67 Å². The molecule has 5 nitrogen and oxygen atoms in total. The molecule has 1 heterocycles. The predicted molar refractivity (Wildman–Crippen MR) is 86.0 cm³/mol. The Morgan fingerprint density at radius 2 is 2.14 bits per heavy atom. The lowest BCUT2D eigenvalue weighted by atomic mass is 10.3. The van der Waals surface area contributed by atoms with Crippen molar-refractivity contribution in [1.82, 2.24) is 4.57 Å². The number of benzene rings is 1. The number of sulfonamides is 1. The molecule has 0 saturated heterocycles. The van der Waals surface area contributed by atoms with Gasteiger partial charge in [0.2, 0.25) is 0 Å². The number of hydrogen-bond donors (Lipinski definition) is 2. The Morgan fingerprint density at radius 3 is 2.71 bits per heavy atom. The van der Waals surface area contributed by atoms with Crippen molar-refractivity contribution in [3.05, 3.63) is 45.7 Å². The standard InChI is InChI=1S/C13H14BrClN2O3S/c1-2-17-7-10(6-9(17)8-18)21(19,20)16-12-5-3-4-11(15)13(12)14/h3-7,16,18H,2,8H2,1H3. The first kappa shape index (κ1) is 16.4. The van der Waals surface area contributed by atoms with Crippen molar-refractivity contribution < 1.29 is 13.5 Å². The largest absolute Gasteiger partial charge is 0.390 e. The lowest BCUT2D eigenvalue weighted by Crippen LogP contribution is -2.12. The van der Waals surface area contributed by atoms with Gasteiger partial charge in [-0.1, -0.05) is 17.7 Å². The molecule has 0 atom stereocenters. The minimum Gasteiger partial charge on any atom is -0.390 e. The highest BCUT2D eigenvalue weighted by Crippen LogP contribution is 2.31. The van der Waals surface area contributed by atoms with Crippen molar-refractivity contribution in [3.8, 4) is 0 Å². The van der Waals surface area contributed by atoms with Crippen LogP contribution in [0.15, 0.2) is 39.8 Å². The fourth-order valence-corrected chi connectivity index (χ4v) is 3.69. The number of nitrogens with one attached hydrogen (secondary N) is 1. The van der Waals surface area contributed by atoms with E-state index in [-0.39, 0.29) is 11.5 Å². The molecule has 0 aliphatic heterocycles. The smallest absolute Gasteiger partial charge is 0.263 e. The van der Waals surface area contributed by atoms with Gasteiger partial charge in [-0.2, -0.15) is 0 Å². The van der Waals surface area contributed by atoms with Gasteiger partial charge in [-0.3, -0.25) is 4.72 Å². The van der Waals surface area contributed by atoms with Crippen molar-refractivity contribution in [1.29, 1.82) is 0 Å². The molecule has 1 aromatic heterocycles. The van der Waals surface area contributed by atoms with Crippen LogP contribution in [0.2, 0.25) is 5.02 Å². The molecule has 0 aliphatic rings. The van der Waals surface area contributed by atoms with Crippen LogP contribution in [0, 0.1) is 0 Å². The molecule has 0 bridgehead atoms. The van der Waals surface area contributed by atoms with Crippen molar-refractivity contribution in [2.45, 2.75) is 25.0 Å². The summed E-state index contributed by atoms with van der Waals surface area (Å²) in [6.07, 6.45) is 1.49. The van der Waals surface area contributed by atoms with Gasteiger partial charge in [-0.05, 0) is 41.1 Å². The second-order valence-corrected chi connectivity index (χ2v) is 7.20. The number of aromatic nitrogens is 1. The molecule has 21 heavy (non-hydrogen) atoms. The molecule has 1 aromatic carbocycles. The second-order valence-electron chi connectivity index (χ2n) is 4.32. The quantitative estimate of drug-likeness (QED) is 0.819. The van der Waals surface area contributed by atoms with E-state index >= 15 is 0 Å². The van der Waals surface area contributed by atoms with Crippen LogP contribution in [0.3, 0.4) is 0 Å². The average molecular weight is 394 g/mol. The maximum Gasteiger partial charge on any atom is 0.263 e. The first-order valence-corrected chi connectivity index (χ1v) is 8.81. The highest BCUT2D eigenvalue weighted by atomic mass is 79.9. The monoisotopic (exact) mass is 392 g/mol. The molecular formula is C13H14BrClN2O3S. The van der Waals surface area contributed by atoms with E-state index in [4.69, 9.17) is 11.6 Å². The SMILES string of the molecule is CCn1cc(S(=O)(=O)Nc2cccc(Cl)c2Br)cc1CO. The summed E-state index contributed by atoms with van der Waals surface area (Å²) in [7, 11) is -3.75. The molecule has 2 aromatic rings. The number of anilines is 1. The van der Waals surface area contributed by atoms with Gasteiger partial charge >= 0.3 is 0 Å². The Morgan fingerprint density at radius 1 is 1.43 bits per heavy atom. The van der Waals surface area contributed by atoms with Gasteiger partial charge in [0.1, 0.15) is 4.90 Å². The van der Waals surface area contributed by atoms with E-state index in [9.17, 15) is 13.5 Å². The third-order valence-corrected chi connectivity index (χ3v) is 5.70. The van der Waals surface area contributed by atoms with Crippen LogP contribution in [0.4, 0.5) is 5.69 Å². The van der Waals surface area contributed by atoms with E-state index in [1.54, 1.807) is 22.8 Å². The van der Waals surface area contributed by atoms with E-state index in [2.05, 4.69) is 20.7 Å². The van der Waals surface area contributed by atoms with Crippen LogP contribution >= 0.6 is 27.5 Å². The molecule has 2 rings (SSSR count). The second kappa shape index (κ2) is 6.39. The minimum atomic E-state index is -3.75. The third-order valence-electron chi connectivity index (χ3n) is 2.97. The summed E-state index contributed by atoms with van der Waals surface area (Å²) < 4.78 is 29.4. The Balaban J connectivity index is 2.38. The summed E-state index contributed by atoms with van der Waals surface area (Å²) in [5.41, 5.74) is 0.903. The molecule has 114 valence electrons. The van der Waals surface area contributed by atoms with E-state index in [0.717, 1.165) is 0 Å². The van der Waals surface area contributed by atoms with Crippen LogP contribution in [-0.2, 0) is 23.2 Å². The first-order valence-electron chi connectivity index (χ1n) is 6.15. The van der Waals surface area contributed by atoms with Crippen molar-refractivity contribution in [3.63, 3.8) is 0 Å². The zero-order chi connectivity index (χ0) is 15.6. The van der Waals surface area contributed by atoms with Gasteiger partial charge in [0.05, 0.1) is 21.8 Å². The Bertz CT molecular complexity index is 737. The normalized spacial score (nSPS) is 11.6. The fourth-order valence-electron chi connectivity index (χ4n) is 1.89. The molecule has 0 saturated carbocycles. The summed E-state index contributed by atoms with van der Waals surface area (Å²) in [6.45, 7) is 2.23. The first-order chi connectivity index (χ1) is 9.89. The van der Waals surface area contributed by atoms with E-state index in [1.165, 1.54) is 12.3 Å². The predicted octanol–water partition coefficient (Wildman–Crippen LogP) is 3.22. The number of aliphatic hydroxyl groups excluding tert-OH is 1. The molecular weight excluding hydrogens is 380 g/mol. The fraction of sp³-hybridized carbons (Fsp3) is 0.231. The molecule has 8 heteroatoms. The number of aryl methyl sites for hydroxylation is 1. The topological polar surface area (TPSA) is 71.3 Å². The molecule has 0 amide bonds. The molecule has 0 radical (unpaired) electrons. The van der Waals surface area contributed by atoms with Crippen molar-refractivity contribution >= 4 is 43.2 Å². The van der Waals surface area contributed by atoms with E-state index in [0.29, 0.717) is 27.4 Å². The summed E-state index contributed by atoms with van der Waals surface area (Å²) >= 11 is 9.19. The maximum atomic E-state index is 12.4. The van der Waals surface area contributed by atoms with Crippen molar-refractivity contribution in [2.75, 3.05) is 4.72 Å².